The smallest absolute Gasteiger partial charge is 0.195 e. The lowest BCUT2D eigenvalue weighted by atomic mass is 9.96. The summed E-state index contributed by atoms with van der Waals surface area (Å²) in [7, 11) is 4.99. The summed E-state index contributed by atoms with van der Waals surface area (Å²) in [5.74, 6) is 2.52. The van der Waals surface area contributed by atoms with Gasteiger partial charge in [-0.1, -0.05) is 18.2 Å². The molecule has 1 saturated heterocycles. The molecule has 6 nitrogen and oxygen atoms in total. The molecular weight excluding hydrogens is 510 g/mol. The Hall–Kier alpha value is -2.07. The van der Waals surface area contributed by atoms with E-state index in [1.165, 1.54) is 6.07 Å². The van der Waals surface area contributed by atoms with Gasteiger partial charge in [0.15, 0.2) is 17.5 Å². The van der Waals surface area contributed by atoms with E-state index in [0.29, 0.717) is 24.0 Å². The molecule has 0 bridgehead atoms. The lowest BCUT2D eigenvalue weighted by Gasteiger charge is -2.32. The number of guanidine groups is 1. The third-order valence-corrected chi connectivity index (χ3v) is 5.49. The van der Waals surface area contributed by atoms with Gasteiger partial charge in [0.05, 0.1) is 14.2 Å². The molecular formula is C23H32FIN4O2. The maximum atomic E-state index is 13.9. The number of piperidine rings is 1. The minimum Gasteiger partial charge on any atom is -0.493 e. The Morgan fingerprint density at radius 1 is 1.10 bits per heavy atom. The van der Waals surface area contributed by atoms with Gasteiger partial charge in [0.1, 0.15) is 5.82 Å². The molecule has 0 spiro atoms. The number of anilines is 1. The van der Waals surface area contributed by atoms with E-state index < -0.39 is 0 Å². The van der Waals surface area contributed by atoms with Gasteiger partial charge in [0, 0.05) is 37.5 Å². The standard InChI is InChI=1S/C23H31FN4O2.HI/c1-25-23(27-19-8-9-21(29-2)22(14-19)30-3)26-15-17-10-12-28(13-11-17)16-18-6-4-5-7-20(18)24;/h4-9,14,17H,10-13,15-16H2,1-3H3,(H2,25,26,27);1H. The quantitative estimate of drug-likeness (QED) is 0.310. The number of halogens is 2. The molecule has 0 radical (unpaired) electrons. The van der Waals surface area contributed by atoms with Crippen LogP contribution in [0.4, 0.5) is 10.1 Å². The van der Waals surface area contributed by atoms with E-state index in [2.05, 4.69) is 20.5 Å². The van der Waals surface area contributed by atoms with Crippen LogP contribution < -0.4 is 20.1 Å². The van der Waals surface area contributed by atoms with Crippen molar-refractivity contribution in [2.45, 2.75) is 19.4 Å². The minimum absolute atomic E-state index is 0. The van der Waals surface area contributed by atoms with Crippen molar-refractivity contribution in [2.24, 2.45) is 10.9 Å². The van der Waals surface area contributed by atoms with Crippen molar-refractivity contribution in [2.75, 3.05) is 46.2 Å². The van der Waals surface area contributed by atoms with E-state index in [1.807, 2.05) is 30.3 Å². The lowest BCUT2D eigenvalue weighted by Crippen LogP contribution is -2.40. The zero-order chi connectivity index (χ0) is 21.3. The summed E-state index contributed by atoms with van der Waals surface area (Å²) in [6.07, 6.45) is 2.16. The molecule has 170 valence electrons. The highest BCUT2D eigenvalue weighted by atomic mass is 127. The number of benzene rings is 2. The number of methoxy groups -OCH3 is 2. The second-order valence-electron chi connectivity index (χ2n) is 7.46. The van der Waals surface area contributed by atoms with Crippen LogP contribution in [-0.4, -0.2) is 51.8 Å². The summed E-state index contributed by atoms with van der Waals surface area (Å²) in [6.45, 7) is 3.47. The zero-order valence-corrected chi connectivity index (χ0v) is 20.7. The summed E-state index contributed by atoms with van der Waals surface area (Å²) in [5.41, 5.74) is 1.65. The molecule has 1 aliphatic heterocycles. The van der Waals surface area contributed by atoms with E-state index in [1.54, 1.807) is 27.3 Å². The van der Waals surface area contributed by atoms with Crippen molar-refractivity contribution < 1.29 is 13.9 Å². The molecule has 2 aromatic carbocycles. The fraction of sp³-hybridized carbons (Fsp3) is 0.435. The Morgan fingerprint density at radius 3 is 2.45 bits per heavy atom. The maximum Gasteiger partial charge on any atom is 0.195 e. The number of likely N-dealkylation sites (tertiary alicyclic amines) is 1. The summed E-state index contributed by atoms with van der Waals surface area (Å²) >= 11 is 0. The minimum atomic E-state index is -0.119. The van der Waals surface area contributed by atoms with Gasteiger partial charge in [-0.25, -0.2) is 4.39 Å². The monoisotopic (exact) mass is 542 g/mol. The summed E-state index contributed by atoms with van der Waals surface area (Å²) in [4.78, 5) is 6.64. The van der Waals surface area contributed by atoms with Crippen molar-refractivity contribution in [3.8, 4) is 11.5 Å². The average molecular weight is 542 g/mol. The Morgan fingerprint density at radius 2 is 1.81 bits per heavy atom. The fourth-order valence-electron chi connectivity index (χ4n) is 3.69. The summed E-state index contributed by atoms with van der Waals surface area (Å²) in [6, 6.07) is 12.7. The number of rotatable bonds is 7. The first kappa shape index (κ1) is 25.2. The van der Waals surface area contributed by atoms with Crippen LogP contribution in [0.2, 0.25) is 0 Å². The number of nitrogens with one attached hydrogen (secondary N) is 2. The van der Waals surface area contributed by atoms with E-state index in [4.69, 9.17) is 9.47 Å². The number of ether oxygens (including phenoxy) is 2. The van der Waals surface area contributed by atoms with Gasteiger partial charge < -0.3 is 20.1 Å². The Labute approximate surface area is 201 Å². The van der Waals surface area contributed by atoms with Gasteiger partial charge in [-0.3, -0.25) is 9.89 Å². The van der Waals surface area contributed by atoms with Gasteiger partial charge in [0.2, 0.25) is 0 Å². The van der Waals surface area contributed by atoms with E-state index >= 15 is 0 Å². The second-order valence-corrected chi connectivity index (χ2v) is 7.46. The molecule has 3 rings (SSSR count). The predicted molar refractivity (Wildman–Crippen MR) is 134 cm³/mol. The van der Waals surface area contributed by atoms with Gasteiger partial charge in [-0.15, -0.1) is 24.0 Å². The third-order valence-electron chi connectivity index (χ3n) is 5.49. The topological polar surface area (TPSA) is 58.1 Å². The molecule has 0 saturated carbocycles. The molecule has 2 aromatic rings. The highest BCUT2D eigenvalue weighted by molar-refractivity contribution is 14.0. The maximum absolute atomic E-state index is 13.9. The molecule has 0 unspecified atom stereocenters. The highest BCUT2D eigenvalue weighted by Crippen LogP contribution is 2.29. The van der Waals surface area contributed by atoms with Gasteiger partial charge in [-0.05, 0) is 50.0 Å². The first-order valence-corrected chi connectivity index (χ1v) is 10.3. The molecule has 0 aliphatic carbocycles. The van der Waals surface area contributed by atoms with Crippen LogP contribution in [0.15, 0.2) is 47.5 Å². The normalized spacial score (nSPS) is 15.2. The van der Waals surface area contributed by atoms with Crippen molar-refractivity contribution in [3.05, 3.63) is 53.8 Å². The van der Waals surface area contributed by atoms with Crippen molar-refractivity contribution in [1.29, 1.82) is 0 Å². The van der Waals surface area contributed by atoms with E-state index in [-0.39, 0.29) is 29.8 Å². The van der Waals surface area contributed by atoms with Crippen LogP contribution in [0.25, 0.3) is 0 Å². The van der Waals surface area contributed by atoms with Crippen molar-refractivity contribution in [1.82, 2.24) is 10.2 Å². The van der Waals surface area contributed by atoms with E-state index in [9.17, 15) is 4.39 Å². The van der Waals surface area contributed by atoms with Gasteiger partial charge in [-0.2, -0.15) is 0 Å². The Bertz CT molecular complexity index is 857. The number of nitrogens with zero attached hydrogens (tertiary/aromatic N) is 2. The largest absolute Gasteiger partial charge is 0.493 e. The summed E-state index contributed by atoms with van der Waals surface area (Å²) < 4.78 is 24.5. The third kappa shape index (κ3) is 7.24. The molecule has 0 amide bonds. The lowest BCUT2D eigenvalue weighted by molar-refractivity contribution is 0.176. The molecule has 2 N–H and O–H groups in total. The van der Waals surface area contributed by atoms with Crippen molar-refractivity contribution >= 4 is 35.6 Å². The molecule has 1 fully saturated rings. The van der Waals surface area contributed by atoms with Crippen LogP contribution in [0.5, 0.6) is 11.5 Å². The molecule has 0 aromatic heterocycles. The van der Waals surface area contributed by atoms with Gasteiger partial charge in [0.25, 0.3) is 0 Å². The molecule has 8 heteroatoms. The Balaban J connectivity index is 0.00000341. The first-order chi connectivity index (χ1) is 14.6. The van der Waals surface area contributed by atoms with Crippen LogP contribution in [0, 0.1) is 11.7 Å². The van der Waals surface area contributed by atoms with E-state index in [0.717, 1.165) is 49.7 Å². The van der Waals surface area contributed by atoms with Crippen LogP contribution in [0.3, 0.4) is 0 Å². The van der Waals surface area contributed by atoms with Crippen molar-refractivity contribution in [3.63, 3.8) is 0 Å². The number of hydrogen-bond donors (Lipinski definition) is 2. The first-order valence-electron chi connectivity index (χ1n) is 10.3. The SMILES string of the molecule is CN=C(NCC1CCN(Cc2ccccc2F)CC1)Nc1ccc(OC)c(OC)c1.I. The molecule has 1 aliphatic rings. The van der Waals surface area contributed by atoms with Gasteiger partial charge >= 0.3 is 0 Å². The molecule has 0 atom stereocenters. The molecule has 31 heavy (non-hydrogen) atoms. The summed E-state index contributed by atoms with van der Waals surface area (Å²) in [5, 5.41) is 6.71. The highest BCUT2D eigenvalue weighted by Gasteiger charge is 2.20. The van der Waals surface area contributed by atoms with Crippen LogP contribution >= 0.6 is 24.0 Å². The number of aliphatic imine (C=N–C) groups is 1. The fourth-order valence-corrected chi connectivity index (χ4v) is 3.69. The molecule has 1 heterocycles. The average Bonchev–Trinajstić information content (AvgIpc) is 2.79. The second kappa shape index (κ2) is 12.7. The Kier molecular flexibility index (Phi) is 10.3. The predicted octanol–water partition coefficient (Wildman–Crippen LogP) is 4.36. The zero-order valence-electron chi connectivity index (χ0n) is 18.4. The number of hydrogen-bond acceptors (Lipinski definition) is 4. The van der Waals surface area contributed by atoms with Crippen LogP contribution in [0.1, 0.15) is 18.4 Å². The van der Waals surface area contributed by atoms with Crippen LogP contribution in [-0.2, 0) is 6.54 Å².